The maximum absolute atomic E-state index is 12.0. The van der Waals surface area contributed by atoms with Crippen LogP contribution in [0.1, 0.15) is 5.76 Å². The topological polar surface area (TPSA) is 71.3 Å². The molecule has 0 unspecified atom stereocenters. The molecule has 1 saturated heterocycles. The average Bonchev–Trinajstić information content (AvgIpc) is 3.03. The molecule has 0 aromatic carbocycles. The number of rotatable bonds is 3. The molecule has 0 atom stereocenters. The summed E-state index contributed by atoms with van der Waals surface area (Å²) >= 11 is 1.87. The number of hydrogen-bond acceptors (Lipinski definition) is 5. The monoisotopic (exact) mass is 304 g/mol. The van der Waals surface area contributed by atoms with Crippen molar-refractivity contribution in [3.05, 3.63) is 36.2 Å². The van der Waals surface area contributed by atoms with E-state index in [0.717, 1.165) is 30.3 Å². The molecule has 2 amide bonds. The largest absolute Gasteiger partial charge is 0.359 e. The maximum atomic E-state index is 12.0. The molecule has 2 aromatic rings. The zero-order valence-corrected chi connectivity index (χ0v) is 12.3. The molecule has 1 N–H and O–H groups in total. The Kier molecular flexibility index (Phi) is 4.40. The lowest BCUT2D eigenvalue weighted by atomic mass is 10.2. The number of carbonyl (C=O) groups is 1. The Labute approximate surface area is 126 Å². The van der Waals surface area contributed by atoms with E-state index < -0.39 is 0 Å². The van der Waals surface area contributed by atoms with E-state index in [-0.39, 0.29) is 6.03 Å². The molecule has 0 bridgehead atoms. The molecule has 21 heavy (non-hydrogen) atoms. The smallest absolute Gasteiger partial charge is 0.317 e. The summed E-state index contributed by atoms with van der Waals surface area (Å²) in [7, 11) is 0. The molecular formula is C14H16N4O2S. The number of urea groups is 1. The number of nitrogens with one attached hydrogen (secondary N) is 1. The summed E-state index contributed by atoms with van der Waals surface area (Å²) in [6.07, 6.45) is 1.71. The van der Waals surface area contributed by atoms with Crippen LogP contribution >= 0.6 is 11.8 Å². The molecule has 0 radical (unpaired) electrons. The molecule has 110 valence electrons. The fourth-order valence-electron chi connectivity index (χ4n) is 2.07. The van der Waals surface area contributed by atoms with Gasteiger partial charge in [0.15, 0.2) is 5.76 Å². The highest BCUT2D eigenvalue weighted by atomic mass is 32.2. The number of amides is 2. The second-order valence-corrected chi connectivity index (χ2v) is 5.88. The number of thioether (sulfide) groups is 1. The molecule has 0 saturated carbocycles. The van der Waals surface area contributed by atoms with Gasteiger partial charge in [-0.1, -0.05) is 11.2 Å². The normalized spacial score (nSPS) is 15.0. The van der Waals surface area contributed by atoms with E-state index in [4.69, 9.17) is 4.52 Å². The Hall–Kier alpha value is -2.02. The van der Waals surface area contributed by atoms with Gasteiger partial charge in [-0.15, -0.1) is 0 Å². The van der Waals surface area contributed by atoms with Gasteiger partial charge in [0.1, 0.15) is 5.69 Å². The highest BCUT2D eigenvalue weighted by molar-refractivity contribution is 7.99. The van der Waals surface area contributed by atoms with Gasteiger partial charge in [0, 0.05) is 36.9 Å². The summed E-state index contributed by atoms with van der Waals surface area (Å²) in [6.45, 7) is 1.93. The maximum Gasteiger partial charge on any atom is 0.317 e. The molecule has 2 aromatic heterocycles. The van der Waals surface area contributed by atoms with E-state index in [2.05, 4.69) is 15.5 Å². The highest BCUT2D eigenvalue weighted by Crippen LogP contribution is 2.16. The lowest BCUT2D eigenvalue weighted by Gasteiger charge is -2.26. The Balaban J connectivity index is 1.56. The van der Waals surface area contributed by atoms with Gasteiger partial charge < -0.3 is 14.7 Å². The third kappa shape index (κ3) is 3.55. The predicted octanol–water partition coefficient (Wildman–Crippen LogP) is 2.00. The van der Waals surface area contributed by atoms with Crippen LogP contribution in [0.4, 0.5) is 4.79 Å². The fourth-order valence-corrected chi connectivity index (χ4v) is 2.98. The first-order valence-electron chi connectivity index (χ1n) is 6.80. The summed E-state index contributed by atoms with van der Waals surface area (Å²) in [5, 5.41) is 6.83. The van der Waals surface area contributed by atoms with Crippen molar-refractivity contribution in [2.75, 3.05) is 24.6 Å². The van der Waals surface area contributed by atoms with Crippen molar-refractivity contribution < 1.29 is 9.32 Å². The van der Waals surface area contributed by atoms with Crippen molar-refractivity contribution in [3.63, 3.8) is 0 Å². The zero-order chi connectivity index (χ0) is 14.5. The summed E-state index contributed by atoms with van der Waals surface area (Å²) in [6, 6.07) is 7.36. The first-order chi connectivity index (χ1) is 10.3. The molecule has 6 nitrogen and oxygen atoms in total. The molecule has 1 aliphatic rings. The summed E-state index contributed by atoms with van der Waals surface area (Å²) in [5.74, 6) is 2.62. The van der Waals surface area contributed by atoms with Crippen LogP contribution < -0.4 is 5.32 Å². The second kappa shape index (κ2) is 6.62. The number of pyridine rings is 1. The number of carbonyl (C=O) groups excluding carboxylic acids is 1. The zero-order valence-electron chi connectivity index (χ0n) is 11.5. The molecule has 3 heterocycles. The van der Waals surface area contributed by atoms with E-state index in [1.807, 2.05) is 34.9 Å². The van der Waals surface area contributed by atoms with Crippen LogP contribution in [0.25, 0.3) is 11.4 Å². The summed E-state index contributed by atoms with van der Waals surface area (Å²) < 4.78 is 5.23. The minimum Gasteiger partial charge on any atom is -0.359 e. The van der Waals surface area contributed by atoms with Crippen molar-refractivity contribution >= 4 is 17.8 Å². The minimum atomic E-state index is -0.0499. The van der Waals surface area contributed by atoms with Crippen molar-refractivity contribution in [1.82, 2.24) is 20.4 Å². The molecule has 3 rings (SSSR count). The quantitative estimate of drug-likeness (QED) is 0.939. The molecule has 7 heteroatoms. The van der Waals surface area contributed by atoms with Crippen LogP contribution in [0.3, 0.4) is 0 Å². The van der Waals surface area contributed by atoms with Crippen LogP contribution in [0, 0.1) is 0 Å². The lowest BCUT2D eigenvalue weighted by Crippen LogP contribution is -2.44. The van der Waals surface area contributed by atoms with Crippen LogP contribution in [0.5, 0.6) is 0 Å². The SMILES string of the molecule is O=C(NCc1cc(-c2ccccn2)no1)N1CCSCC1. The third-order valence-electron chi connectivity index (χ3n) is 3.20. The summed E-state index contributed by atoms with van der Waals surface area (Å²) in [5.41, 5.74) is 1.43. The molecular weight excluding hydrogens is 288 g/mol. The van der Waals surface area contributed by atoms with Crippen LogP contribution in [0.2, 0.25) is 0 Å². The van der Waals surface area contributed by atoms with Crippen LogP contribution in [-0.4, -0.2) is 45.7 Å². The first kappa shape index (κ1) is 13.9. The second-order valence-electron chi connectivity index (χ2n) is 4.65. The number of hydrogen-bond donors (Lipinski definition) is 1. The molecule has 0 spiro atoms. The van der Waals surface area contributed by atoms with Gasteiger partial charge in [-0.05, 0) is 12.1 Å². The molecule has 0 aliphatic carbocycles. The number of nitrogens with zero attached hydrogens (tertiary/aromatic N) is 3. The molecule has 1 fully saturated rings. The Bertz CT molecular complexity index is 596. The fraction of sp³-hybridized carbons (Fsp3) is 0.357. The van der Waals surface area contributed by atoms with Gasteiger partial charge in [0.05, 0.1) is 12.2 Å². The third-order valence-corrected chi connectivity index (χ3v) is 4.14. The summed E-state index contributed by atoms with van der Waals surface area (Å²) in [4.78, 5) is 18.0. The standard InChI is InChI=1S/C14H16N4O2S/c19-14(18-5-7-21-8-6-18)16-10-11-9-13(17-20-11)12-3-1-2-4-15-12/h1-4,9H,5-8,10H2,(H,16,19). The van der Waals surface area contributed by atoms with Gasteiger partial charge in [-0.2, -0.15) is 11.8 Å². The van der Waals surface area contributed by atoms with Crippen molar-refractivity contribution in [2.45, 2.75) is 6.54 Å². The highest BCUT2D eigenvalue weighted by Gasteiger charge is 2.17. The van der Waals surface area contributed by atoms with E-state index in [1.165, 1.54) is 0 Å². The van der Waals surface area contributed by atoms with Gasteiger partial charge in [0.2, 0.25) is 0 Å². The van der Waals surface area contributed by atoms with E-state index in [0.29, 0.717) is 18.0 Å². The lowest BCUT2D eigenvalue weighted by molar-refractivity contribution is 0.201. The van der Waals surface area contributed by atoms with Crippen LogP contribution in [0.15, 0.2) is 35.0 Å². The minimum absolute atomic E-state index is 0.0499. The molecule has 1 aliphatic heterocycles. The van der Waals surface area contributed by atoms with Gasteiger partial charge in [0.25, 0.3) is 0 Å². The van der Waals surface area contributed by atoms with E-state index >= 15 is 0 Å². The Morgan fingerprint density at radius 1 is 1.33 bits per heavy atom. The first-order valence-corrected chi connectivity index (χ1v) is 7.96. The van der Waals surface area contributed by atoms with Crippen molar-refractivity contribution in [2.24, 2.45) is 0 Å². The Morgan fingerprint density at radius 2 is 2.19 bits per heavy atom. The van der Waals surface area contributed by atoms with Gasteiger partial charge >= 0.3 is 6.03 Å². The van der Waals surface area contributed by atoms with Crippen molar-refractivity contribution in [3.8, 4) is 11.4 Å². The van der Waals surface area contributed by atoms with Gasteiger partial charge in [-0.25, -0.2) is 4.79 Å². The van der Waals surface area contributed by atoms with Gasteiger partial charge in [-0.3, -0.25) is 4.98 Å². The average molecular weight is 304 g/mol. The number of aromatic nitrogens is 2. The predicted molar refractivity (Wildman–Crippen MR) is 80.9 cm³/mol. The van der Waals surface area contributed by atoms with Crippen molar-refractivity contribution in [1.29, 1.82) is 0 Å². The van der Waals surface area contributed by atoms with Crippen LogP contribution in [-0.2, 0) is 6.54 Å². The Morgan fingerprint density at radius 3 is 2.95 bits per heavy atom. The van der Waals surface area contributed by atoms with E-state index in [9.17, 15) is 4.79 Å². The van der Waals surface area contributed by atoms with E-state index in [1.54, 1.807) is 12.3 Å².